The summed E-state index contributed by atoms with van der Waals surface area (Å²) in [6.45, 7) is 1.68. The van der Waals surface area contributed by atoms with Gasteiger partial charge in [0.15, 0.2) is 15.7 Å². The molecule has 0 saturated heterocycles. The van der Waals surface area contributed by atoms with Crippen LogP contribution in [0.1, 0.15) is 21.7 Å². The average Bonchev–Trinajstić information content (AvgIpc) is 3.53. The van der Waals surface area contributed by atoms with E-state index in [1.807, 2.05) is 0 Å². The van der Waals surface area contributed by atoms with Crippen LogP contribution in [0, 0.1) is 24.4 Å². The third-order valence-corrected chi connectivity index (χ3v) is 7.93. The number of anilines is 1. The Morgan fingerprint density at radius 2 is 1.88 bits per heavy atom. The van der Waals surface area contributed by atoms with Gasteiger partial charge >= 0.3 is 0 Å². The van der Waals surface area contributed by atoms with Crippen LogP contribution in [0.25, 0.3) is 22.0 Å². The maximum absolute atomic E-state index is 15.6. The molecule has 206 valence electrons. The largest absolute Gasteiger partial charge is 0.480 e. The molecule has 0 spiro atoms. The van der Waals surface area contributed by atoms with Crippen molar-refractivity contribution in [3.05, 3.63) is 82.2 Å². The van der Waals surface area contributed by atoms with Crippen molar-refractivity contribution in [2.45, 2.75) is 17.6 Å². The Labute approximate surface area is 229 Å². The summed E-state index contributed by atoms with van der Waals surface area (Å²) in [4.78, 5) is 16.1. The maximum Gasteiger partial charge on any atom is 0.274 e. The smallest absolute Gasteiger partial charge is 0.274 e. The zero-order valence-corrected chi connectivity index (χ0v) is 22.2. The number of hydrogen-bond donors (Lipinski definition) is 3. The number of nitrogens with one attached hydrogen (secondary N) is 3. The van der Waals surface area contributed by atoms with Crippen LogP contribution in [-0.2, 0) is 15.6 Å². The minimum absolute atomic E-state index is 0.00182. The lowest BCUT2D eigenvalue weighted by molar-refractivity contribution is 0.102. The molecule has 0 unspecified atom stereocenters. The van der Waals surface area contributed by atoms with Crippen LogP contribution in [0.4, 0.5) is 18.9 Å². The van der Waals surface area contributed by atoms with Gasteiger partial charge in [-0.1, -0.05) is 23.7 Å². The van der Waals surface area contributed by atoms with Crippen molar-refractivity contribution in [2.75, 3.05) is 12.4 Å². The third kappa shape index (κ3) is 4.75. The van der Waals surface area contributed by atoms with Crippen molar-refractivity contribution in [3.8, 4) is 17.0 Å². The highest BCUT2D eigenvalue weighted by Gasteiger charge is 2.28. The number of pyridine rings is 1. The Morgan fingerprint density at radius 1 is 1.10 bits per heavy atom. The highest BCUT2D eigenvalue weighted by atomic mass is 35.5. The Morgan fingerprint density at radius 3 is 2.58 bits per heavy atom. The molecule has 2 aromatic carbocycles. The highest BCUT2D eigenvalue weighted by Crippen LogP contribution is 2.36. The summed E-state index contributed by atoms with van der Waals surface area (Å²) in [6, 6.07) is 5.23. The molecule has 5 aromatic rings. The molecule has 3 aromatic heterocycles. The number of carbonyl (C=O) groups excluding carboxylic acids is 1. The van der Waals surface area contributed by atoms with Crippen LogP contribution in [0.5, 0.6) is 5.88 Å². The molecular weight excluding hydrogens is 573 g/mol. The van der Waals surface area contributed by atoms with Gasteiger partial charge in [0, 0.05) is 22.7 Å². The summed E-state index contributed by atoms with van der Waals surface area (Å²) in [7, 11) is -3.08. The molecule has 1 amide bonds. The van der Waals surface area contributed by atoms with E-state index < -0.39 is 60.5 Å². The number of nitrogens with zero attached hydrogens (tertiary/aromatic N) is 3. The predicted molar refractivity (Wildman–Crippen MR) is 139 cm³/mol. The summed E-state index contributed by atoms with van der Waals surface area (Å²) in [5, 5.41) is 15.4. The molecule has 5 rings (SSSR count). The zero-order chi connectivity index (χ0) is 28.8. The monoisotopic (exact) mass is 590 g/mol. The van der Waals surface area contributed by atoms with Crippen LogP contribution in [0.3, 0.4) is 0 Å². The SMILES string of the molecule is COc1ncc(Cl)cc1S(=O)(=O)Cc1ccc(F)c(-c2ccc3c(C(=O)Nc4cn[nH]c4C)[nH]nc3c2F)c1F. The molecule has 0 aliphatic carbocycles. The van der Waals surface area contributed by atoms with Gasteiger partial charge in [0.25, 0.3) is 5.91 Å². The molecule has 3 heterocycles. The van der Waals surface area contributed by atoms with Gasteiger partial charge in [-0.3, -0.25) is 15.0 Å². The number of aryl methyl sites for hydroxylation is 1. The Balaban J connectivity index is 1.54. The first kappa shape index (κ1) is 27.1. The summed E-state index contributed by atoms with van der Waals surface area (Å²) < 4.78 is 77.3. The second-order valence-corrected chi connectivity index (χ2v) is 11.0. The molecule has 10 nitrogen and oxygen atoms in total. The first-order chi connectivity index (χ1) is 19.0. The molecule has 0 atom stereocenters. The van der Waals surface area contributed by atoms with Gasteiger partial charge in [0.05, 0.1) is 41.0 Å². The van der Waals surface area contributed by atoms with Gasteiger partial charge in [0.2, 0.25) is 5.88 Å². The lowest BCUT2D eigenvalue weighted by Gasteiger charge is -2.13. The van der Waals surface area contributed by atoms with Gasteiger partial charge in [-0.25, -0.2) is 26.6 Å². The fourth-order valence-electron chi connectivity index (χ4n) is 4.10. The van der Waals surface area contributed by atoms with E-state index in [9.17, 15) is 17.6 Å². The Hall–Kier alpha value is -4.43. The standard InChI is InChI=1S/C25H18ClF3N6O4S/c1-11-17(9-31-33-11)32-24(36)23-15-5-4-14(21(29)22(15)34-35-23)19-16(27)6-3-12(20(19)28)10-40(37,38)18-7-13(26)8-30-25(18)39-2/h3-9H,10H2,1-2H3,(H,31,33)(H,32,36)(H,34,35). The quantitative estimate of drug-likeness (QED) is 0.243. The zero-order valence-electron chi connectivity index (χ0n) is 20.6. The number of ether oxygens (including phenoxy) is 1. The van der Waals surface area contributed by atoms with E-state index in [-0.39, 0.29) is 27.5 Å². The summed E-state index contributed by atoms with van der Waals surface area (Å²) in [5.74, 6) is -5.37. The van der Waals surface area contributed by atoms with Gasteiger partial charge in [-0.05, 0) is 25.1 Å². The predicted octanol–water partition coefficient (Wildman–Crippen LogP) is 4.96. The minimum Gasteiger partial charge on any atom is -0.480 e. The van der Waals surface area contributed by atoms with Crippen molar-refractivity contribution >= 4 is 43.9 Å². The summed E-state index contributed by atoms with van der Waals surface area (Å²) >= 11 is 5.88. The number of halogens is 4. The number of benzene rings is 2. The van der Waals surface area contributed by atoms with E-state index in [4.69, 9.17) is 16.3 Å². The number of fused-ring (bicyclic) bond motifs is 1. The Kier molecular flexibility index (Phi) is 6.98. The molecule has 40 heavy (non-hydrogen) atoms. The summed E-state index contributed by atoms with van der Waals surface area (Å²) in [5.41, 5.74) is -1.21. The molecular formula is C25H18ClF3N6O4S. The number of aromatic nitrogens is 5. The van der Waals surface area contributed by atoms with E-state index in [1.54, 1.807) is 6.92 Å². The number of hydrogen-bond acceptors (Lipinski definition) is 7. The van der Waals surface area contributed by atoms with E-state index >= 15 is 8.78 Å². The van der Waals surface area contributed by atoms with Gasteiger partial charge in [-0.15, -0.1) is 0 Å². The number of amides is 1. The molecule has 3 N–H and O–H groups in total. The van der Waals surface area contributed by atoms with Crippen molar-refractivity contribution < 1.29 is 31.1 Å². The number of carbonyl (C=O) groups is 1. The fourth-order valence-corrected chi connectivity index (χ4v) is 5.82. The number of rotatable bonds is 7. The van der Waals surface area contributed by atoms with Crippen LogP contribution in [0.2, 0.25) is 5.02 Å². The normalized spacial score (nSPS) is 11.7. The lowest BCUT2D eigenvalue weighted by atomic mass is 9.99. The molecule has 0 aliphatic rings. The van der Waals surface area contributed by atoms with Crippen molar-refractivity contribution in [1.29, 1.82) is 0 Å². The van der Waals surface area contributed by atoms with E-state index in [1.165, 1.54) is 25.6 Å². The van der Waals surface area contributed by atoms with E-state index in [2.05, 4.69) is 30.7 Å². The number of methoxy groups -OCH3 is 1. The molecule has 0 saturated carbocycles. The molecule has 0 radical (unpaired) electrons. The minimum atomic E-state index is -4.29. The van der Waals surface area contributed by atoms with Crippen molar-refractivity contribution in [3.63, 3.8) is 0 Å². The third-order valence-electron chi connectivity index (χ3n) is 6.07. The summed E-state index contributed by atoms with van der Waals surface area (Å²) in [6.07, 6.45) is 2.57. The van der Waals surface area contributed by atoms with Crippen LogP contribution >= 0.6 is 11.6 Å². The van der Waals surface area contributed by atoms with Crippen molar-refractivity contribution in [1.82, 2.24) is 25.4 Å². The van der Waals surface area contributed by atoms with Gasteiger partial charge in [0.1, 0.15) is 27.7 Å². The second kappa shape index (κ2) is 10.3. The number of aromatic amines is 2. The second-order valence-electron chi connectivity index (χ2n) is 8.60. The first-order valence-corrected chi connectivity index (χ1v) is 13.4. The van der Waals surface area contributed by atoms with Crippen LogP contribution < -0.4 is 10.1 Å². The highest BCUT2D eigenvalue weighted by molar-refractivity contribution is 7.90. The van der Waals surface area contributed by atoms with E-state index in [0.29, 0.717) is 11.4 Å². The maximum atomic E-state index is 15.6. The van der Waals surface area contributed by atoms with Gasteiger partial charge in [-0.2, -0.15) is 10.2 Å². The number of H-pyrrole nitrogens is 2. The molecule has 15 heteroatoms. The molecule has 0 fully saturated rings. The molecule has 0 aliphatic heterocycles. The Bertz CT molecular complexity index is 1910. The average molecular weight is 591 g/mol. The lowest BCUT2D eigenvalue weighted by Crippen LogP contribution is -2.13. The van der Waals surface area contributed by atoms with E-state index in [0.717, 1.165) is 24.3 Å². The van der Waals surface area contributed by atoms with Crippen LogP contribution in [-0.4, -0.2) is 46.8 Å². The fraction of sp³-hybridized carbons (Fsp3) is 0.120. The van der Waals surface area contributed by atoms with Gasteiger partial charge < -0.3 is 10.1 Å². The van der Waals surface area contributed by atoms with Crippen LogP contribution in [0.15, 0.2) is 47.6 Å². The van der Waals surface area contributed by atoms with Crippen molar-refractivity contribution in [2.24, 2.45) is 0 Å². The molecule has 0 bridgehead atoms. The topological polar surface area (TPSA) is 143 Å². The number of sulfone groups is 1. The first-order valence-electron chi connectivity index (χ1n) is 11.4.